The highest BCUT2D eigenvalue weighted by molar-refractivity contribution is 5.95. The lowest BCUT2D eigenvalue weighted by Gasteiger charge is -2.12. The van der Waals surface area contributed by atoms with E-state index in [2.05, 4.69) is 10.3 Å². The van der Waals surface area contributed by atoms with Crippen LogP contribution in [0.4, 0.5) is 5.82 Å². The van der Waals surface area contributed by atoms with Gasteiger partial charge >= 0.3 is 5.97 Å². The average molecular weight is 401 g/mol. The molecule has 0 saturated heterocycles. The Morgan fingerprint density at radius 2 is 1.97 bits per heavy atom. The molecule has 3 heterocycles. The van der Waals surface area contributed by atoms with Crippen LogP contribution in [0.25, 0.3) is 17.5 Å². The molecule has 0 aliphatic rings. The highest BCUT2D eigenvalue weighted by Crippen LogP contribution is 2.24. The topological polar surface area (TPSA) is 101 Å². The summed E-state index contributed by atoms with van der Waals surface area (Å²) < 4.78 is 10.9. The van der Waals surface area contributed by atoms with Gasteiger partial charge in [-0.25, -0.2) is 14.8 Å². The second kappa shape index (κ2) is 8.48. The van der Waals surface area contributed by atoms with Crippen LogP contribution in [-0.4, -0.2) is 21.0 Å². The molecule has 0 radical (unpaired) electrons. The Kier molecular flexibility index (Phi) is 5.43. The smallest absolute Gasteiger partial charge is 0.352 e. The van der Waals surface area contributed by atoms with Crippen LogP contribution in [0, 0.1) is 6.92 Å². The van der Waals surface area contributed by atoms with Crippen molar-refractivity contribution < 1.29 is 18.7 Å². The lowest BCUT2D eigenvalue weighted by Crippen LogP contribution is -2.14. The molecule has 0 aliphatic carbocycles. The maximum absolute atomic E-state index is 11.8. The van der Waals surface area contributed by atoms with E-state index in [1.165, 1.54) is 12.3 Å². The largest absolute Gasteiger partial charge is 0.477 e. The maximum atomic E-state index is 11.8. The molecule has 30 heavy (non-hydrogen) atoms. The lowest BCUT2D eigenvalue weighted by molar-refractivity contribution is -0.132. The quantitative estimate of drug-likeness (QED) is 0.430. The number of carboxylic acid groups (broad SMARTS) is 1. The van der Waals surface area contributed by atoms with E-state index in [0.717, 1.165) is 11.3 Å². The van der Waals surface area contributed by atoms with Gasteiger partial charge in [0.1, 0.15) is 22.9 Å². The Balaban J connectivity index is 1.72. The number of carboxylic acids is 1. The molecule has 0 unspecified atom stereocenters. The lowest BCUT2D eigenvalue weighted by atomic mass is 10.1. The van der Waals surface area contributed by atoms with Crippen LogP contribution < -0.4 is 5.32 Å². The summed E-state index contributed by atoms with van der Waals surface area (Å²) in [4.78, 5) is 20.9. The van der Waals surface area contributed by atoms with Gasteiger partial charge in [-0.2, -0.15) is 0 Å². The first kappa shape index (κ1) is 19.2. The predicted molar refractivity (Wildman–Crippen MR) is 112 cm³/mol. The van der Waals surface area contributed by atoms with Gasteiger partial charge < -0.3 is 19.3 Å². The van der Waals surface area contributed by atoms with E-state index < -0.39 is 5.97 Å². The van der Waals surface area contributed by atoms with Gasteiger partial charge in [-0.3, -0.25) is 0 Å². The molecular formula is C23H19N3O4. The second-order valence-corrected chi connectivity index (χ2v) is 6.63. The molecule has 0 fully saturated rings. The number of hydrogen-bond acceptors (Lipinski definition) is 6. The molecule has 0 saturated carbocycles. The fourth-order valence-electron chi connectivity index (χ4n) is 2.93. The zero-order valence-corrected chi connectivity index (χ0v) is 16.2. The molecular weight excluding hydrogens is 382 g/mol. The van der Waals surface area contributed by atoms with Crippen molar-refractivity contribution in [2.75, 3.05) is 5.32 Å². The van der Waals surface area contributed by atoms with Crippen LogP contribution in [0.5, 0.6) is 0 Å². The van der Waals surface area contributed by atoms with Crippen molar-refractivity contribution >= 4 is 17.9 Å². The van der Waals surface area contributed by atoms with E-state index in [4.69, 9.17) is 13.8 Å². The van der Waals surface area contributed by atoms with Crippen molar-refractivity contribution in [1.29, 1.82) is 0 Å². The minimum atomic E-state index is -1.13. The van der Waals surface area contributed by atoms with Crippen LogP contribution in [0.2, 0.25) is 0 Å². The molecule has 0 amide bonds. The van der Waals surface area contributed by atoms with Crippen molar-refractivity contribution in [3.05, 3.63) is 95.5 Å². The van der Waals surface area contributed by atoms with Gasteiger partial charge in [0, 0.05) is 12.5 Å². The first-order valence-electron chi connectivity index (χ1n) is 9.30. The number of nitrogens with zero attached hydrogens (tertiary/aromatic N) is 2. The summed E-state index contributed by atoms with van der Waals surface area (Å²) in [5.74, 6) is 1.01. The Morgan fingerprint density at radius 1 is 1.13 bits per heavy atom. The zero-order chi connectivity index (χ0) is 20.9. The Labute approximate surface area is 172 Å². The van der Waals surface area contributed by atoms with Crippen molar-refractivity contribution in [2.45, 2.75) is 13.3 Å². The number of nitrogens with one attached hydrogen (secondary N) is 1. The fourth-order valence-corrected chi connectivity index (χ4v) is 2.93. The molecule has 1 aromatic carbocycles. The molecule has 0 bridgehead atoms. The van der Waals surface area contributed by atoms with Crippen molar-refractivity contribution in [1.82, 2.24) is 9.97 Å². The third-order valence-corrected chi connectivity index (χ3v) is 4.37. The molecule has 4 rings (SSSR count). The van der Waals surface area contributed by atoms with Gasteiger partial charge in [0.15, 0.2) is 11.6 Å². The van der Waals surface area contributed by atoms with E-state index in [0.29, 0.717) is 35.1 Å². The van der Waals surface area contributed by atoms with Crippen molar-refractivity contribution in [2.24, 2.45) is 0 Å². The minimum Gasteiger partial charge on any atom is -0.477 e. The number of hydrogen-bond donors (Lipinski definition) is 2. The first-order chi connectivity index (χ1) is 14.6. The number of anilines is 1. The van der Waals surface area contributed by atoms with E-state index in [9.17, 15) is 9.90 Å². The SMILES string of the molecule is Cc1ccc(-c2cnc(NC(=Cc3ccco3)C(=O)O)c(Cc3ccccc3)n2)o1. The summed E-state index contributed by atoms with van der Waals surface area (Å²) in [5, 5.41) is 12.5. The maximum Gasteiger partial charge on any atom is 0.352 e. The molecule has 2 N–H and O–H groups in total. The summed E-state index contributed by atoms with van der Waals surface area (Å²) in [6.07, 6.45) is 4.91. The van der Waals surface area contributed by atoms with E-state index in [-0.39, 0.29) is 5.70 Å². The van der Waals surface area contributed by atoms with Crippen LogP contribution in [0.3, 0.4) is 0 Å². The van der Waals surface area contributed by atoms with Crippen molar-refractivity contribution in [3.63, 3.8) is 0 Å². The molecule has 0 aliphatic heterocycles. The standard InChI is InChI=1S/C23H19N3O4/c1-15-9-10-21(30-15)20-14-24-22(18(25-20)12-16-6-3-2-4-7-16)26-19(23(27)28)13-17-8-5-11-29-17/h2-11,13-14H,12H2,1H3,(H,24,26)(H,27,28). The van der Waals surface area contributed by atoms with Gasteiger partial charge in [0.05, 0.1) is 18.2 Å². The Morgan fingerprint density at radius 3 is 2.63 bits per heavy atom. The van der Waals surface area contributed by atoms with E-state index in [1.807, 2.05) is 49.4 Å². The molecule has 150 valence electrons. The third kappa shape index (κ3) is 4.47. The number of aromatic nitrogens is 2. The van der Waals surface area contributed by atoms with Crippen LogP contribution >= 0.6 is 0 Å². The molecule has 0 atom stereocenters. The van der Waals surface area contributed by atoms with Crippen LogP contribution in [0.15, 0.2) is 81.6 Å². The predicted octanol–water partition coefficient (Wildman–Crippen LogP) is 4.77. The number of aliphatic carboxylic acids is 1. The summed E-state index contributed by atoms with van der Waals surface area (Å²) >= 11 is 0. The molecule has 4 aromatic rings. The van der Waals surface area contributed by atoms with Crippen LogP contribution in [-0.2, 0) is 11.2 Å². The summed E-state index contributed by atoms with van der Waals surface area (Å²) in [5.41, 5.74) is 2.12. The van der Waals surface area contributed by atoms with Gasteiger partial charge in [0.2, 0.25) is 0 Å². The Hall–Kier alpha value is -4.13. The summed E-state index contributed by atoms with van der Waals surface area (Å²) in [6, 6.07) is 16.8. The number of aryl methyl sites for hydroxylation is 1. The number of benzene rings is 1. The monoisotopic (exact) mass is 401 g/mol. The summed E-state index contributed by atoms with van der Waals surface area (Å²) in [6.45, 7) is 1.86. The Bertz CT molecular complexity index is 1180. The highest BCUT2D eigenvalue weighted by Gasteiger charge is 2.16. The van der Waals surface area contributed by atoms with Crippen molar-refractivity contribution in [3.8, 4) is 11.5 Å². The number of rotatable bonds is 7. The van der Waals surface area contributed by atoms with E-state index >= 15 is 0 Å². The summed E-state index contributed by atoms with van der Waals surface area (Å²) in [7, 11) is 0. The van der Waals surface area contributed by atoms with Crippen LogP contribution in [0.1, 0.15) is 22.8 Å². The molecule has 0 spiro atoms. The molecule has 7 nitrogen and oxygen atoms in total. The van der Waals surface area contributed by atoms with E-state index in [1.54, 1.807) is 18.3 Å². The fraction of sp³-hybridized carbons (Fsp3) is 0.0870. The molecule has 3 aromatic heterocycles. The number of carbonyl (C=O) groups is 1. The normalized spacial score (nSPS) is 11.4. The average Bonchev–Trinajstić information content (AvgIpc) is 3.41. The second-order valence-electron chi connectivity index (χ2n) is 6.63. The van der Waals surface area contributed by atoms with Gasteiger partial charge in [-0.1, -0.05) is 30.3 Å². The molecule has 7 heteroatoms. The number of furan rings is 2. The highest BCUT2D eigenvalue weighted by atomic mass is 16.4. The van der Waals surface area contributed by atoms with Gasteiger partial charge in [0.25, 0.3) is 0 Å². The third-order valence-electron chi connectivity index (χ3n) is 4.37. The minimum absolute atomic E-state index is 0.0739. The first-order valence-corrected chi connectivity index (χ1v) is 9.30. The van der Waals surface area contributed by atoms with Gasteiger partial charge in [-0.15, -0.1) is 0 Å². The van der Waals surface area contributed by atoms with Gasteiger partial charge in [-0.05, 0) is 36.8 Å². The zero-order valence-electron chi connectivity index (χ0n) is 16.2.